The van der Waals surface area contributed by atoms with E-state index in [-0.39, 0.29) is 0 Å². The van der Waals surface area contributed by atoms with E-state index < -0.39 is 0 Å². The first-order chi connectivity index (χ1) is 10.7. The Morgan fingerprint density at radius 3 is 2.68 bits per heavy atom. The highest BCUT2D eigenvalue weighted by molar-refractivity contribution is 9.10. The van der Waals surface area contributed by atoms with Gasteiger partial charge in [0.25, 0.3) is 0 Å². The Balaban J connectivity index is 1.90. The number of thioether (sulfide) groups is 1. The third-order valence-corrected chi connectivity index (χ3v) is 4.97. The monoisotopic (exact) mass is 370 g/mol. The normalized spacial score (nSPS) is 13.8. The van der Waals surface area contributed by atoms with Gasteiger partial charge in [0.2, 0.25) is 0 Å². The summed E-state index contributed by atoms with van der Waals surface area (Å²) in [5.41, 5.74) is 3.25. The lowest BCUT2D eigenvalue weighted by atomic mass is 10.1. The maximum absolute atomic E-state index is 8.40. The largest absolute Gasteiger partial charge is 0.282 e. The van der Waals surface area contributed by atoms with Crippen molar-refractivity contribution in [3.63, 3.8) is 0 Å². The topological polar surface area (TPSA) is 54.0 Å². The van der Waals surface area contributed by atoms with Gasteiger partial charge in [0.05, 0.1) is 11.2 Å². The maximum Gasteiger partial charge on any atom is 0.191 e. The third-order valence-electron chi connectivity index (χ3n) is 3.50. The number of aromatic nitrogens is 2. The molecule has 108 valence electrons. The summed E-state index contributed by atoms with van der Waals surface area (Å²) in [5.74, 6) is 0.756. The molecule has 1 aliphatic heterocycles. The van der Waals surface area contributed by atoms with Crippen LogP contribution in [0, 0.1) is 5.41 Å². The van der Waals surface area contributed by atoms with Gasteiger partial charge in [0.15, 0.2) is 10.6 Å². The summed E-state index contributed by atoms with van der Waals surface area (Å²) in [6.07, 6.45) is 0. The second-order valence-corrected chi connectivity index (χ2v) is 6.77. The predicted octanol–water partition coefficient (Wildman–Crippen LogP) is 3.64. The summed E-state index contributed by atoms with van der Waals surface area (Å²) in [6, 6.07) is 15.8. The minimum atomic E-state index is 0.377. The number of nitrogens with zero attached hydrogens (tertiary/aromatic N) is 3. The van der Waals surface area contributed by atoms with E-state index in [1.54, 1.807) is 16.4 Å². The highest BCUT2D eigenvalue weighted by Crippen LogP contribution is 2.24. The standard InChI is InChI=1S/C16H11BrN4S/c17-11-7-5-10(6-8-11)14-9-22-16-19-13-4-2-1-3-12(13)15(18)21(16)20-14/h1-8,18H,9H2. The number of rotatable bonds is 1. The average Bonchev–Trinajstić information content (AvgIpc) is 2.56. The molecule has 0 unspecified atom stereocenters. The number of fused-ring (bicyclic) bond motifs is 2. The molecule has 2 heterocycles. The second kappa shape index (κ2) is 5.37. The van der Waals surface area contributed by atoms with Crippen LogP contribution in [-0.4, -0.2) is 21.1 Å². The molecule has 0 saturated carbocycles. The Kier molecular flexibility index (Phi) is 3.35. The minimum absolute atomic E-state index is 0.377. The van der Waals surface area contributed by atoms with E-state index >= 15 is 0 Å². The molecule has 22 heavy (non-hydrogen) atoms. The van der Waals surface area contributed by atoms with Crippen LogP contribution in [-0.2, 0) is 0 Å². The number of benzene rings is 2. The Bertz CT molecular complexity index is 960. The molecule has 4 rings (SSSR count). The lowest BCUT2D eigenvalue weighted by Crippen LogP contribution is -2.25. The minimum Gasteiger partial charge on any atom is -0.282 e. The number of nitrogens with one attached hydrogen (secondary N) is 1. The molecular weight excluding hydrogens is 360 g/mol. The van der Waals surface area contributed by atoms with Crippen molar-refractivity contribution in [2.45, 2.75) is 5.16 Å². The number of para-hydroxylation sites is 1. The van der Waals surface area contributed by atoms with Gasteiger partial charge in [-0.05, 0) is 29.8 Å². The van der Waals surface area contributed by atoms with Crippen LogP contribution >= 0.6 is 27.7 Å². The molecule has 0 saturated heterocycles. The molecule has 1 N–H and O–H groups in total. The quantitative estimate of drug-likeness (QED) is 0.664. The molecule has 1 aromatic heterocycles. The predicted molar refractivity (Wildman–Crippen MR) is 92.4 cm³/mol. The molecule has 4 nitrogen and oxygen atoms in total. The zero-order valence-electron chi connectivity index (χ0n) is 11.5. The molecule has 3 aromatic rings. The lowest BCUT2D eigenvalue weighted by Gasteiger charge is -2.17. The van der Waals surface area contributed by atoms with Crippen LogP contribution in [0.2, 0.25) is 0 Å². The van der Waals surface area contributed by atoms with Crippen LogP contribution in [0.3, 0.4) is 0 Å². The number of hydrogen-bond donors (Lipinski definition) is 1. The van der Waals surface area contributed by atoms with Crippen molar-refractivity contribution < 1.29 is 0 Å². The van der Waals surface area contributed by atoms with Crippen molar-refractivity contribution in [3.05, 3.63) is 64.1 Å². The lowest BCUT2D eigenvalue weighted by molar-refractivity contribution is 0.677. The van der Waals surface area contributed by atoms with Crippen LogP contribution in [0.5, 0.6) is 0 Å². The van der Waals surface area contributed by atoms with Gasteiger partial charge in [-0.25, -0.2) is 4.98 Å². The molecule has 6 heteroatoms. The molecule has 0 fully saturated rings. The smallest absolute Gasteiger partial charge is 0.191 e. The Labute approximate surface area is 139 Å². The van der Waals surface area contributed by atoms with Gasteiger partial charge in [-0.3, -0.25) is 5.41 Å². The van der Waals surface area contributed by atoms with E-state index in [0.29, 0.717) is 5.49 Å². The van der Waals surface area contributed by atoms with Gasteiger partial charge >= 0.3 is 0 Å². The molecule has 0 bridgehead atoms. The summed E-state index contributed by atoms with van der Waals surface area (Å²) in [7, 11) is 0. The summed E-state index contributed by atoms with van der Waals surface area (Å²) in [4.78, 5) is 4.61. The Hall–Kier alpha value is -1.92. The summed E-state index contributed by atoms with van der Waals surface area (Å²) in [6.45, 7) is 0. The summed E-state index contributed by atoms with van der Waals surface area (Å²) < 4.78 is 2.68. The van der Waals surface area contributed by atoms with Gasteiger partial charge in [0.1, 0.15) is 0 Å². The first kappa shape index (κ1) is 13.7. The summed E-state index contributed by atoms with van der Waals surface area (Å²) >= 11 is 5.06. The van der Waals surface area contributed by atoms with Crippen LogP contribution < -0.4 is 5.49 Å². The van der Waals surface area contributed by atoms with E-state index in [0.717, 1.165) is 37.6 Å². The molecule has 0 amide bonds. The summed E-state index contributed by atoms with van der Waals surface area (Å²) in [5, 5.41) is 14.6. The van der Waals surface area contributed by atoms with Crippen LogP contribution in [0.25, 0.3) is 10.9 Å². The van der Waals surface area contributed by atoms with E-state index in [2.05, 4.69) is 26.0 Å². The molecule has 0 radical (unpaired) electrons. The van der Waals surface area contributed by atoms with E-state index in [1.807, 2.05) is 48.5 Å². The van der Waals surface area contributed by atoms with Gasteiger partial charge in [-0.15, -0.1) is 0 Å². The fourth-order valence-electron chi connectivity index (χ4n) is 2.38. The van der Waals surface area contributed by atoms with Gasteiger partial charge in [0, 0.05) is 15.6 Å². The van der Waals surface area contributed by atoms with E-state index in [9.17, 15) is 0 Å². The fraction of sp³-hybridized carbons (Fsp3) is 0.0625. The van der Waals surface area contributed by atoms with Crippen LogP contribution in [0.1, 0.15) is 5.56 Å². The number of halogens is 1. The first-order valence-electron chi connectivity index (χ1n) is 6.75. The molecule has 0 aliphatic carbocycles. The van der Waals surface area contributed by atoms with Gasteiger partial charge < -0.3 is 0 Å². The Morgan fingerprint density at radius 2 is 1.86 bits per heavy atom. The van der Waals surface area contributed by atoms with Crippen molar-refractivity contribution in [2.75, 3.05) is 5.75 Å². The molecular formula is C16H11BrN4S. The van der Waals surface area contributed by atoms with Crippen molar-refractivity contribution in [1.82, 2.24) is 9.66 Å². The van der Waals surface area contributed by atoms with Crippen molar-refractivity contribution in [2.24, 2.45) is 5.10 Å². The first-order valence-corrected chi connectivity index (χ1v) is 8.53. The molecule has 1 aliphatic rings. The van der Waals surface area contributed by atoms with E-state index in [4.69, 9.17) is 5.41 Å². The molecule has 0 spiro atoms. The van der Waals surface area contributed by atoms with Crippen molar-refractivity contribution in [3.8, 4) is 0 Å². The molecule has 2 aromatic carbocycles. The average molecular weight is 371 g/mol. The van der Waals surface area contributed by atoms with Gasteiger partial charge in [-0.2, -0.15) is 9.78 Å². The highest BCUT2D eigenvalue weighted by Gasteiger charge is 2.17. The van der Waals surface area contributed by atoms with Crippen LogP contribution in [0.4, 0.5) is 0 Å². The SMILES string of the molecule is N=c1c2ccccc2nc2n1N=C(c1ccc(Br)cc1)CS2. The Morgan fingerprint density at radius 1 is 1.09 bits per heavy atom. The third kappa shape index (κ3) is 2.28. The van der Waals surface area contributed by atoms with Gasteiger partial charge in [-0.1, -0.05) is 52.0 Å². The number of hydrogen-bond acceptors (Lipinski definition) is 4. The zero-order valence-corrected chi connectivity index (χ0v) is 13.9. The fourth-order valence-corrected chi connectivity index (χ4v) is 3.56. The second-order valence-electron chi connectivity index (χ2n) is 4.91. The van der Waals surface area contributed by atoms with Crippen molar-refractivity contribution >= 4 is 44.3 Å². The zero-order chi connectivity index (χ0) is 15.1. The van der Waals surface area contributed by atoms with Crippen LogP contribution in [0.15, 0.2) is 63.3 Å². The molecule has 0 atom stereocenters. The maximum atomic E-state index is 8.40. The van der Waals surface area contributed by atoms with Crippen molar-refractivity contribution in [1.29, 1.82) is 5.41 Å². The van der Waals surface area contributed by atoms with E-state index in [1.165, 1.54) is 0 Å². The highest BCUT2D eigenvalue weighted by atomic mass is 79.9.